The first-order valence-corrected chi connectivity index (χ1v) is 10.9. The van der Waals surface area contributed by atoms with Crippen molar-refractivity contribution in [2.75, 3.05) is 26.2 Å². The Bertz CT molecular complexity index is 1080. The maximum atomic E-state index is 11.2. The lowest BCUT2D eigenvalue weighted by Crippen LogP contribution is -2.52. The summed E-state index contributed by atoms with van der Waals surface area (Å²) >= 11 is 0. The zero-order chi connectivity index (χ0) is 21.4. The summed E-state index contributed by atoms with van der Waals surface area (Å²) in [7, 11) is 0. The molecule has 6 heteroatoms. The molecule has 3 atom stereocenters. The van der Waals surface area contributed by atoms with Crippen LogP contribution in [0.25, 0.3) is 16.9 Å². The van der Waals surface area contributed by atoms with E-state index in [0.29, 0.717) is 23.1 Å². The van der Waals surface area contributed by atoms with Gasteiger partial charge in [-0.05, 0) is 68.6 Å². The number of nitrogens with zero attached hydrogens (tertiary/aromatic N) is 4. The Morgan fingerprint density at radius 2 is 1.74 bits per heavy atom. The summed E-state index contributed by atoms with van der Waals surface area (Å²) in [6.07, 6.45) is 0.511. The van der Waals surface area contributed by atoms with Crippen LogP contribution in [0.4, 0.5) is 0 Å². The van der Waals surface area contributed by atoms with Crippen LogP contribution in [0.1, 0.15) is 29.5 Å². The molecule has 2 aliphatic heterocycles. The molecular weight excluding hydrogens is 386 g/mol. The number of benzene rings is 2. The molecule has 2 aliphatic rings. The summed E-state index contributed by atoms with van der Waals surface area (Å²) in [5.74, 6) is 1.17. The van der Waals surface area contributed by atoms with E-state index >= 15 is 0 Å². The number of aliphatic hydroxyl groups is 1. The first-order chi connectivity index (χ1) is 15.1. The fourth-order valence-corrected chi connectivity index (χ4v) is 4.86. The fraction of sp³-hybridized carbons (Fsp3) is 0.360. The van der Waals surface area contributed by atoms with Gasteiger partial charge in [0.05, 0.1) is 23.0 Å². The van der Waals surface area contributed by atoms with Crippen molar-refractivity contribution in [3.05, 3.63) is 71.4 Å². The van der Waals surface area contributed by atoms with Crippen LogP contribution in [0, 0.1) is 30.1 Å². The molecule has 158 valence electrons. The second-order valence-corrected chi connectivity index (χ2v) is 8.84. The van der Waals surface area contributed by atoms with E-state index < -0.39 is 6.23 Å². The van der Waals surface area contributed by atoms with Gasteiger partial charge in [-0.25, -0.2) is 4.68 Å². The van der Waals surface area contributed by atoms with Crippen molar-refractivity contribution < 1.29 is 5.11 Å². The summed E-state index contributed by atoms with van der Waals surface area (Å²) in [5, 5.41) is 28.7. The van der Waals surface area contributed by atoms with E-state index in [4.69, 9.17) is 10.4 Å². The second-order valence-electron chi connectivity index (χ2n) is 8.84. The summed E-state index contributed by atoms with van der Waals surface area (Å²) in [6.45, 7) is 5.87. The number of aliphatic hydroxyl groups excluding tert-OH is 1. The van der Waals surface area contributed by atoms with Gasteiger partial charge in [0.1, 0.15) is 5.69 Å². The van der Waals surface area contributed by atoms with Gasteiger partial charge in [0, 0.05) is 18.7 Å². The van der Waals surface area contributed by atoms with Crippen molar-refractivity contribution >= 4 is 0 Å². The van der Waals surface area contributed by atoms with E-state index in [-0.39, 0.29) is 0 Å². The maximum Gasteiger partial charge on any atom is 0.152 e. The quantitative estimate of drug-likeness (QED) is 0.687. The van der Waals surface area contributed by atoms with Gasteiger partial charge in [-0.3, -0.25) is 4.90 Å². The van der Waals surface area contributed by atoms with Crippen LogP contribution in [0.2, 0.25) is 0 Å². The van der Waals surface area contributed by atoms with Crippen molar-refractivity contribution in [1.82, 2.24) is 20.0 Å². The molecule has 1 aromatic heterocycles. The van der Waals surface area contributed by atoms with E-state index in [9.17, 15) is 5.11 Å². The Labute approximate surface area is 182 Å². The van der Waals surface area contributed by atoms with Gasteiger partial charge in [-0.2, -0.15) is 10.4 Å². The summed E-state index contributed by atoms with van der Waals surface area (Å²) in [6, 6.07) is 19.9. The molecular formula is C25H27N5O. The fourth-order valence-electron chi connectivity index (χ4n) is 4.86. The minimum Gasteiger partial charge on any atom is -0.372 e. The zero-order valence-electron chi connectivity index (χ0n) is 17.7. The SMILES string of the molecule is Cc1ccc(-n2nc(C(O)N3CC4CNCC(C4)C3)cc2-c2ccc(C#N)cc2)cc1. The first-order valence-electron chi connectivity index (χ1n) is 10.9. The van der Waals surface area contributed by atoms with Crippen LogP contribution in [-0.4, -0.2) is 46.0 Å². The Balaban J connectivity index is 1.52. The van der Waals surface area contributed by atoms with Gasteiger partial charge >= 0.3 is 0 Å². The van der Waals surface area contributed by atoms with E-state index in [1.165, 1.54) is 12.0 Å². The number of aryl methyl sites for hydroxylation is 1. The number of piperidine rings is 2. The number of fused-ring (bicyclic) bond motifs is 2. The number of hydrogen-bond donors (Lipinski definition) is 2. The lowest BCUT2D eigenvalue weighted by molar-refractivity contribution is -0.0492. The molecule has 2 aromatic carbocycles. The third-order valence-corrected chi connectivity index (χ3v) is 6.45. The first kappa shape index (κ1) is 20.0. The highest BCUT2D eigenvalue weighted by Gasteiger charge is 2.34. The van der Waals surface area contributed by atoms with Crippen molar-refractivity contribution in [2.24, 2.45) is 11.8 Å². The number of likely N-dealkylation sites (tertiary alicyclic amines) is 1. The smallest absolute Gasteiger partial charge is 0.152 e. The molecule has 3 heterocycles. The summed E-state index contributed by atoms with van der Waals surface area (Å²) < 4.78 is 1.89. The lowest BCUT2D eigenvalue weighted by atomic mass is 9.85. The Hall–Kier alpha value is -2.98. The van der Waals surface area contributed by atoms with E-state index in [1.54, 1.807) is 0 Å². The average Bonchev–Trinajstić information content (AvgIpc) is 3.24. The monoisotopic (exact) mass is 413 g/mol. The normalized spacial score (nSPS) is 22.1. The Morgan fingerprint density at radius 3 is 2.39 bits per heavy atom. The van der Waals surface area contributed by atoms with E-state index in [0.717, 1.165) is 43.1 Å². The number of aromatic nitrogens is 2. The molecule has 2 fully saturated rings. The minimum absolute atomic E-state index is 0.583. The number of nitrogens with one attached hydrogen (secondary N) is 1. The van der Waals surface area contributed by atoms with Crippen LogP contribution in [-0.2, 0) is 0 Å². The molecule has 0 saturated carbocycles. The highest BCUT2D eigenvalue weighted by Crippen LogP contribution is 2.32. The van der Waals surface area contributed by atoms with Crippen LogP contribution >= 0.6 is 0 Å². The van der Waals surface area contributed by atoms with Crippen LogP contribution < -0.4 is 5.32 Å². The van der Waals surface area contributed by atoms with Crippen molar-refractivity contribution in [2.45, 2.75) is 19.6 Å². The molecule has 2 saturated heterocycles. The number of nitriles is 1. The molecule has 5 rings (SSSR count). The predicted octanol–water partition coefficient (Wildman–Crippen LogP) is 3.25. The molecule has 0 amide bonds. The minimum atomic E-state index is -0.729. The number of rotatable bonds is 4. The zero-order valence-corrected chi connectivity index (χ0v) is 17.7. The molecule has 6 nitrogen and oxygen atoms in total. The van der Waals surface area contributed by atoms with Crippen LogP contribution in [0.5, 0.6) is 0 Å². The predicted molar refractivity (Wildman–Crippen MR) is 119 cm³/mol. The maximum absolute atomic E-state index is 11.2. The molecule has 0 aliphatic carbocycles. The van der Waals surface area contributed by atoms with Gasteiger partial charge in [0.15, 0.2) is 6.23 Å². The summed E-state index contributed by atoms with van der Waals surface area (Å²) in [4.78, 5) is 2.17. The van der Waals surface area contributed by atoms with Crippen molar-refractivity contribution in [3.63, 3.8) is 0 Å². The molecule has 3 unspecified atom stereocenters. The molecule has 0 radical (unpaired) electrons. The lowest BCUT2D eigenvalue weighted by Gasteiger charge is -2.43. The van der Waals surface area contributed by atoms with Crippen molar-refractivity contribution in [3.8, 4) is 23.0 Å². The Kier molecular flexibility index (Phi) is 5.33. The van der Waals surface area contributed by atoms with Gasteiger partial charge < -0.3 is 10.4 Å². The largest absolute Gasteiger partial charge is 0.372 e. The van der Waals surface area contributed by atoms with E-state index in [1.807, 2.05) is 47.1 Å². The molecule has 0 spiro atoms. The van der Waals surface area contributed by atoms with Gasteiger partial charge in [-0.15, -0.1) is 0 Å². The third-order valence-electron chi connectivity index (χ3n) is 6.45. The molecule has 3 aromatic rings. The Morgan fingerprint density at radius 1 is 1.06 bits per heavy atom. The highest BCUT2D eigenvalue weighted by molar-refractivity contribution is 5.64. The van der Waals surface area contributed by atoms with Gasteiger partial charge in [0.25, 0.3) is 0 Å². The molecule has 2 bridgehead atoms. The van der Waals surface area contributed by atoms with Crippen LogP contribution in [0.3, 0.4) is 0 Å². The second kappa shape index (κ2) is 8.27. The van der Waals surface area contributed by atoms with E-state index in [2.05, 4.69) is 35.3 Å². The van der Waals surface area contributed by atoms with Crippen molar-refractivity contribution in [1.29, 1.82) is 5.26 Å². The molecule has 2 N–H and O–H groups in total. The highest BCUT2D eigenvalue weighted by atomic mass is 16.3. The molecule has 31 heavy (non-hydrogen) atoms. The standard InChI is InChI=1S/C25H27N5O/c1-17-2-8-22(9-3-17)30-24(21-6-4-18(12-26)5-7-21)11-23(28-30)25(31)29-15-19-10-20(16-29)14-27-13-19/h2-9,11,19-20,25,27,31H,10,13-16H2,1H3. The van der Waals surface area contributed by atoms with Gasteiger partial charge in [-0.1, -0.05) is 29.8 Å². The summed E-state index contributed by atoms with van der Waals surface area (Å²) in [5.41, 5.74) is 5.28. The van der Waals surface area contributed by atoms with Gasteiger partial charge in [0.2, 0.25) is 0 Å². The number of hydrogen-bond acceptors (Lipinski definition) is 5. The topological polar surface area (TPSA) is 77.1 Å². The average molecular weight is 414 g/mol. The van der Waals surface area contributed by atoms with Crippen LogP contribution in [0.15, 0.2) is 54.6 Å². The third kappa shape index (κ3) is 4.00.